The maximum Gasteiger partial charge on any atom is 0.267 e. The highest BCUT2D eigenvalue weighted by Gasteiger charge is 2.16. The predicted molar refractivity (Wildman–Crippen MR) is 117 cm³/mol. The van der Waals surface area contributed by atoms with E-state index in [2.05, 4.69) is 15.1 Å². The number of hydrogen-bond donors (Lipinski definition) is 0. The summed E-state index contributed by atoms with van der Waals surface area (Å²) >= 11 is 2.91. The van der Waals surface area contributed by atoms with Gasteiger partial charge in [-0.05, 0) is 42.1 Å². The van der Waals surface area contributed by atoms with Crippen LogP contribution in [0, 0.1) is 6.92 Å². The van der Waals surface area contributed by atoms with Gasteiger partial charge in [-0.3, -0.25) is 4.79 Å². The molecule has 0 saturated heterocycles. The number of fused-ring (bicyclic) bond motifs is 1. The summed E-state index contributed by atoms with van der Waals surface area (Å²) in [5.41, 5.74) is 1.49. The lowest BCUT2D eigenvalue weighted by Crippen LogP contribution is -2.22. The van der Waals surface area contributed by atoms with Crippen LogP contribution in [0.3, 0.4) is 0 Å². The monoisotopic (exact) mass is 433 g/mol. The summed E-state index contributed by atoms with van der Waals surface area (Å²) in [6.45, 7) is 1.95. The van der Waals surface area contributed by atoms with Crippen LogP contribution in [-0.4, -0.2) is 24.7 Å². The van der Waals surface area contributed by atoms with Gasteiger partial charge < -0.3 is 4.52 Å². The third-order valence-corrected chi connectivity index (χ3v) is 6.19. The van der Waals surface area contributed by atoms with E-state index in [0.29, 0.717) is 39.3 Å². The number of benzene rings is 1. The molecule has 0 aliphatic carbocycles. The molecule has 1 aromatic carbocycles. The van der Waals surface area contributed by atoms with Crippen LogP contribution in [-0.2, 0) is 5.75 Å². The topological polar surface area (TPSA) is 86.7 Å². The van der Waals surface area contributed by atoms with Gasteiger partial charge in [0.1, 0.15) is 5.82 Å². The van der Waals surface area contributed by atoms with E-state index >= 15 is 0 Å². The first-order valence-corrected chi connectivity index (χ1v) is 11.0. The first kappa shape index (κ1) is 18.7. The molecule has 0 unspecified atom stereocenters. The van der Waals surface area contributed by atoms with Gasteiger partial charge in [0, 0.05) is 6.20 Å². The number of thioether (sulfide) groups is 1. The van der Waals surface area contributed by atoms with Gasteiger partial charge in [-0.25, -0.2) is 14.5 Å². The van der Waals surface area contributed by atoms with E-state index in [0.717, 1.165) is 10.4 Å². The Bertz CT molecular complexity index is 1380. The second-order valence-corrected chi connectivity index (χ2v) is 8.41. The van der Waals surface area contributed by atoms with E-state index in [-0.39, 0.29) is 5.56 Å². The van der Waals surface area contributed by atoms with Gasteiger partial charge in [0.05, 0.1) is 21.5 Å². The van der Waals surface area contributed by atoms with Crippen molar-refractivity contribution in [3.05, 3.63) is 81.9 Å². The summed E-state index contributed by atoms with van der Waals surface area (Å²) in [5.74, 6) is 1.93. The molecule has 0 fully saturated rings. The molecule has 148 valence electrons. The van der Waals surface area contributed by atoms with Gasteiger partial charge in [0.25, 0.3) is 5.56 Å². The molecule has 0 aliphatic heterocycles. The molecule has 0 N–H and O–H groups in total. The van der Waals surface area contributed by atoms with E-state index in [1.54, 1.807) is 23.6 Å². The molecular weight excluding hydrogens is 418 g/mol. The molecule has 0 aliphatic rings. The van der Waals surface area contributed by atoms with E-state index in [9.17, 15) is 4.79 Å². The molecule has 4 aromatic heterocycles. The van der Waals surface area contributed by atoms with Gasteiger partial charge in [-0.15, -0.1) is 11.3 Å². The predicted octanol–water partition coefficient (Wildman–Crippen LogP) is 4.49. The number of aromatic nitrogens is 5. The maximum atomic E-state index is 13.2. The van der Waals surface area contributed by atoms with Gasteiger partial charge in [0.2, 0.25) is 11.7 Å². The lowest BCUT2D eigenvalue weighted by molar-refractivity contribution is 0.391. The molecule has 4 heterocycles. The van der Waals surface area contributed by atoms with Crippen LogP contribution in [0.15, 0.2) is 74.6 Å². The fourth-order valence-electron chi connectivity index (χ4n) is 2.95. The largest absolute Gasteiger partial charge is 0.338 e. The van der Waals surface area contributed by atoms with Crippen LogP contribution in [0.5, 0.6) is 0 Å². The minimum absolute atomic E-state index is 0.163. The Morgan fingerprint density at radius 1 is 1.10 bits per heavy atom. The second-order valence-electron chi connectivity index (χ2n) is 6.52. The van der Waals surface area contributed by atoms with Crippen LogP contribution >= 0.6 is 23.1 Å². The molecule has 5 rings (SSSR count). The van der Waals surface area contributed by atoms with Crippen molar-refractivity contribution in [2.45, 2.75) is 17.8 Å². The van der Waals surface area contributed by atoms with Crippen LogP contribution < -0.4 is 5.56 Å². The molecule has 7 nitrogen and oxygen atoms in total. The second kappa shape index (κ2) is 7.85. The van der Waals surface area contributed by atoms with Crippen molar-refractivity contribution in [1.29, 1.82) is 0 Å². The lowest BCUT2D eigenvalue weighted by atomic mass is 10.2. The number of pyridine rings is 1. The van der Waals surface area contributed by atoms with Crippen LogP contribution in [0.25, 0.3) is 27.4 Å². The number of rotatable bonds is 5. The molecule has 0 spiro atoms. The van der Waals surface area contributed by atoms with Crippen molar-refractivity contribution < 1.29 is 4.52 Å². The summed E-state index contributed by atoms with van der Waals surface area (Å²) in [5, 5.41) is 7.07. The van der Waals surface area contributed by atoms with Crippen LogP contribution in [0.2, 0.25) is 0 Å². The smallest absolute Gasteiger partial charge is 0.267 e. The molecule has 0 radical (unpaired) electrons. The number of aryl methyl sites for hydroxylation is 1. The summed E-state index contributed by atoms with van der Waals surface area (Å²) in [6, 6.07) is 14.9. The number of para-hydroxylation sites is 1. The Kier molecular flexibility index (Phi) is 4.89. The Morgan fingerprint density at radius 2 is 2.00 bits per heavy atom. The molecule has 0 atom stereocenters. The Labute approximate surface area is 179 Å². The number of nitrogens with zero attached hydrogens (tertiary/aromatic N) is 5. The van der Waals surface area contributed by atoms with Crippen molar-refractivity contribution in [3.8, 4) is 16.5 Å². The Balaban J connectivity index is 1.53. The normalized spacial score (nSPS) is 11.2. The van der Waals surface area contributed by atoms with E-state index in [1.165, 1.54) is 16.3 Å². The Morgan fingerprint density at radius 3 is 2.80 bits per heavy atom. The van der Waals surface area contributed by atoms with Crippen LogP contribution in [0.4, 0.5) is 0 Å². The molecule has 0 bridgehead atoms. The highest BCUT2D eigenvalue weighted by molar-refractivity contribution is 7.98. The number of hydrogen-bond acceptors (Lipinski definition) is 8. The van der Waals surface area contributed by atoms with Crippen molar-refractivity contribution in [1.82, 2.24) is 24.7 Å². The fourth-order valence-corrected chi connectivity index (χ4v) is 4.44. The minimum Gasteiger partial charge on any atom is -0.338 e. The standard InChI is InChI=1S/C21H15N5O2S2/c1-13-8-9-17(22-11-13)26-20(27)14-5-2-3-6-15(14)23-21(26)30-12-18-24-19(25-28-18)16-7-4-10-29-16/h2-11H,12H2,1H3. The van der Waals surface area contributed by atoms with E-state index in [1.807, 2.05) is 54.8 Å². The first-order valence-electron chi connectivity index (χ1n) is 9.13. The molecule has 0 saturated carbocycles. The number of thiophene rings is 1. The molecule has 30 heavy (non-hydrogen) atoms. The minimum atomic E-state index is -0.163. The van der Waals surface area contributed by atoms with Crippen molar-refractivity contribution >= 4 is 34.0 Å². The molecular formula is C21H15N5O2S2. The van der Waals surface area contributed by atoms with Gasteiger partial charge in [-0.2, -0.15) is 4.98 Å². The SMILES string of the molecule is Cc1ccc(-n2c(SCc3nc(-c4cccs4)no3)nc3ccccc3c2=O)nc1. The zero-order valence-electron chi connectivity index (χ0n) is 15.8. The van der Waals surface area contributed by atoms with Gasteiger partial charge in [-0.1, -0.05) is 41.2 Å². The average Bonchev–Trinajstić information content (AvgIpc) is 3.45. The molecule has 9 heteroatoms. The molecule has 5 aromatic rings. The summed E-state index contributed by atoms with van der Waals surface area (Å²) in [7, 11) is 0. The zero-order valence-corrected chi connectivity index (χ0v) is 17.5. The van der Waals surface area contributed by atoms with Crippen molar-refractivity contribution in [3.63, 3.8) is 0 Å². The Hall–Kier alpha value is -3.30. The zero-order chi connectivity index (χ0) is 20.5. The highest BCUT2D eigenvalue weighted by atomic mass is 32.2. The maximum absolute atomic E-state index is 13.2. The fraction of sp³-hybridized carbons (Fsp3) is 0.0952. The summed E-state index contributed by atoms with van der Waals surface area (Å²) < 4.78 is 6.91. The third kappa shape index (κ3) is 3.53. The van der Waals surface area contributed by atoms with Gasteiger partial charge in [0.15, 0.2) is 5.16 Å². The van der Waals surface area contributed by atoms with E-state index in [4.69, 9.17) is 9.51 Å². The van der Waals surface area contributed by atoms with Gasteiger partial charge >= 0.3 is 0 Å². The summed E-state index contributed by atoms with van der Waals surface area (Å²) in [6.07, 6.45) is 1.73. The van der Waals surface area contributed by atoms with Crippen molar-refractivity contribution in [2.75, 3.05) is 0 Å². The lowest BCUT2D eigenvalue weighted by Gasteiger charge is -2.12. The highest BCUT2D eigenvalue weighted by Crippen LogP contribution is 2.26. The van der Waals surface area contributed by atoms with E-state index < -0.39 is 0 Å². The van der Waals surface area contributed by atoms with Crippen molar-refractivity contribution in [2.24, 2.45) is 0 Å². The summed E-state index contributed by atoms with van der Waals surface area (Å²) in [4.78, 5) is 27.8. The third-order valence-electron chi connectivity index (χ3n) is 4.40. The van der Waals surface area contributed by atoms with Crippen LogP contribution in [0.1, 0.15) is 11.5 Å². The quantitative estimate of drug-likeness (QED) is 0.298. The first-order chi connectivity index (χ1) is 14.7. The molecule has 0 amide bonds. The average molecular weight is 434 g/mol.